The Hall–Kier alpha value is 0.580. The average Bonchev–Trinajstić information content (AvgIpc) is 2.68. The predicted octanol–water partition coefficient (Wildman–Crippen LogP) is 1.47. The predicted molar refractivity (Wildman–Crippen MR) is 87.3 cm³/mol. The summed E-state index contributed by atoms with van der Waals surface area (Å²) in [7, 11) is 2.31. The van der Waals surface area contributed by atoms with E-state index in [4.69, 9.17) is 5.11 Å². The van der Waals surface area contributed by atoms with Crippen molar-refractivity contribution in [1.29, 1.82) is 0 Å². The SMILES string of the molecule is CN(C[C@@H]1CCCN(CCO)C1)C1CSCCSC1. The maximum absolute atomic E-state index is 9.06. The van der Waals surface area contributed by atoms with E-state index in [1.54, 1.807) is 0 Å². The normalized spacial score (nSPS) is 27.6. The summed E-state index contributed by atoms with van der Waals surface area (Å²) in [6.07, 6.45) is 2.66. The molecule has 2 rings (SSSR count). The van der Waals surface area contributed by atoms with Crippen LogP contribution < -0.4 is 0 Å². The molecule has 3 nitrogen and oxygen atoms in total. The van der Waals surface area contributed by atoms with Crippen molar-refractivity contribution in [3.8, 4) is 0 Å². The smallest absolute Gasteiger partial charge is 0.0558 e. The van der Waals surface area contributed by atoms with Crippen LogP contribution in [-0.4, -0.2) is 83.8 Å². The number of β-amino-alcohol motifs (C(OH)–C–C–N with tert-alkyl or cyclic N) is 1. The first kappa shape index (κ1) is 16.0. The molecule has 0 spiro atoms. The van der Waals surface area contributed by atoms with Crippen LogP contribution in [0.3, 0.4) is 0 Å². The molecule has 2 fully saturated rings. The Morgan fingerprint density at radius 2 is 2.00 bits per heavy atom. The van der Waals surface area contributed by atoms with Crippen molar-refractivity contribution >= 4 is 23.5 Å². The third-order valence-electron chi connectivity index (χ3n) is 4.18. The topological polar surface area (TPSA) is 26.7 Å². The lowest BCUT2D eigenvalue weighted by molar-refractivity contribution is 0.114. The fourth-order valence-corrected chi connectivity index (χ4v) is 5.77. The highest BCUT2D eigenvalue weighted by Crippen LogP contribution is 2.22. The van der Waals surface area contributed by atoms with Gasteiger partial charge in [0.25, 0.3) is 0 Å². The Morgan fingerprint density at radius 1 is 1.26 bits per heavy atom. The maximum Gasteiger partial charge on any atom is 0.0558 e. The van der Waals surface area contributed by atoms with Crippen LogP contribution in [0.5, 0.6) is 0 Å². The molecule has 1 atom stereocenters. The van der Waals surface area contributed by atoms with Gasteiger partial charge < -0.3 is 14.9 Å². The third-order valence-corrected chi connectivity index (χ3v) is 6.67. The second kappa shape index (κ2) is 8.78. The first-order valence-electron chi connectivity index (χ1n) is 7.48. The van der Waals surface area contributed by atoms with E-state index < -0.39 is 0 Å². The lowest BCUT2D eigenvalue weighted by atomic mass is 9.97. The Morgan fingerprint density at radius 3 is 2.68 bits per heavy atom. The zero-order valence-electron chi connectivity index (χ0n) is 12.1. The molecule has 2 saturated heterocycles. The van der Waals surface area contributed by atoms with Crippen LogP contribution in [0, 0.1) is 5.92 Å². The summed E-state index contributed by atoms with van der Waals surface area (Å²) in [6, 6.07) is 0.755. The molecule has 0 unspecified atom stereocenters. The number of hydrogen-bond donors (Lipinski definition) is 1. The van der Waals surface area contributed by atoms with Crippen LogP contribution in [-0.2, 0) is 0 Å². The van der Waals surface area contributed by atoms with E-state index in [0.29, 0.717) is 6.61 Å². The first-order valence-corrected chi connectivity index (χ1v) is 9.79. The van der Waals surface area contributed by atoms with E-state index in [2.05, 4.69) is 40.4 Å². The molecule has 5 heteroatoms. The molecule has 0 aromatic heterocycles. The largest absolute Gasteiger partial charge is 0.395 e. The second-order valence-corrected chi connectivity index (χ2v) is 8.08. The Labute approximate surface area is 126 Å². The van der Waals surface area contributed by atoms with Crippen molar-refractivity contribution in [2.45, 2.75) is 18.9 Å². The van der Waals surface area contributed by atoms with Crippen molar-refractivity contribution in [2.75, 3.05) is 62.8 Å². The lowest BCUT2D eigenvalue weighted by Gasteiger charge is -2.36. The van der Waals surface area contributed by atoms with Gasteiger partial charge in [0.05, 0.1) is 6.61 Å². The van der Waals surface area contributed by atoms with Crippen molar-refractivity contribution in [3.05, 3.63) is 0 Å². The van der Waals surface area contributed by atoms with Crippen LogP contribution in [0.4, 0.5) is 0 Å². The molecular formula is C14H28N2OS2. The third kappa shape index (κ3) is 5.46. The molecule has 0 aromatic carbocycles. The highest BCUT2D eigenvalue weighted by molar-refractivity contribution is 8.03. The Bertz CT molecular complexity index is 246. The number of aliphatic hydroxyl groups excluding tert-OH is 1. The fraction of sp³-hybridized carbons (Fsp3) is 1.00. The van der Waals surface area contributed by atoms with Gasteiger partial charge in [0, 0.05) is 48.7 Å². The van der Waals surface area contributed by atoms with Gasteiger partial charge in [-0.2, -0.15) is 23.5 Å². The molecule has 19 heavy (non-hydrogen) atoms. The van der Waals surface area contributed by atoms with Gasteiger partial charge in [0.2, 0.25) is 0 Å². The summed E-state index contributed by atoms with van der Waals surface area (Å²) >= 11 is 4.23. The van der Waals surface area contributed by atoms with E-state index >= 15 is 0 Å². The summed E-state index contributed by atoms with van der Waals surface area (Å²) in [5.74, 6) is 6.04. The number of hydrogen-bond acceptors (Lipinski definition) is 5. The van der Waals surface area contributed by atoms with Gasteiger partial charge in [-0.25, -0.2) is 0 Å². The lowest BCUT2D eigenvalue weighted by Crippen LogP contribution is -2.44. The summed E-state index contributed by atoms with van der Waals surface area (Å²) in [5.41, 5.74) is 0. The minimum Gasteiger partial charge on any atom is -0.395 e. The molecule has 1 N–H and O–H groups in total. The zero-order chi connectivity index (χ0) is 13.5. The van der Waals surface area contributed by atoms with Gasteiger partial charge >= 0.3 is 0 Å². The van der Waals surface area contributed by atoms with Crippen molar-refractivity contribution < 1.29 is 5.11 Å². The molecule has 0 radical (unpaired) electrons. The van der Waals surface area contributed by atoms with Gasteiger partial charge in [-0.3, -0.25) is 0 Å². The van der Waals surface area contributed by atoms with E-state index in [-0.39, 0.29) is 0 Å². The molecule has 0 bridgehead atoms. The maximum atomic E-state index is 9.06. The number of nitrogens with zero attached hydrogens (tertiary/aromatic N) is 2. The number of likely N-dealkylation sites (tertiary alicyclic amines) is 1. The summed E-state index contributed by atoms with van der Waals surface area (Å²) in [6.45, 7) is 4.75. The van der Waals surface area contributed by atoms with Crippen LogP contribution in [0.15, 0.2) is 0 Å². The molecule has 2 aliphatic heterocycles. The minimum absolute atomic E-state index is 0.304. The van der Waals surface area contributed by atoms with Gasteiger partial charge in [0.1, 0.15) is 0 Å². The molecule has 112 valence electrons. The Kier molecular flexibility index (Phi) is 7.37. The average molecular weight is 305 g/mol. The minimum atomic E-state index is 0.304. The number of thioether (sulfide) groups is 2. The fourth-order valence-electron chi connectivity index (χ4n) is 3.06. The van der Waals surface area contributed by atoms with Crippen molar-refractivity contribution in [2.24, 2.45) is 5.92 Å². The molecule has 2 aliphatic rings. The molecule has 0 aliphatic carbocycles. The quantitative estimate of drug-likeness (QED) is 0.830. The number of rotatable bonds is 5. The first-order chi connectivity index (χ1) is 9.29. The van der Waals surface area contributed by atoms with Crippen molar-refractivity contribution in [1.82, 2.24) is 9.80 Å². The summed E-state index contributed by atoms with van der Waals surface area (Å²) in [5, 5.41) is 9.06. The van der Waals surface area contributed by atoms with Crippen LogP contribution in [0.2, 0.25) is 0 Å². The monoisotopic (exact) mass is 304 g/mol. The van der Waals surface area contributed by atoms with E-state index in [0.717, 1.165) is 18.5 Å². The molecule has 0 saturated carbocycles. The van der Waals surface area contributed by atoms with Crippen LogP contribution >= 0.6 is 23.5 Å². The van der Waals surface area contributed by atoms with Crippen LogP contribution in [0.1, 0.15) is 12.8 Å². The standard InChI is InChI=1S/C14H28N2OS2/c1-15(14-11-18-7-8-19-12-14)9-13-3-2-4-16(10-13)5-6-17/h13-14,17H,2-12H2,1H3/t13-/m0/s1. The molecular weight excluding hydrogens is 276 g/mol. The number of piperidine rings is 1. The van der Waals surface area contributed by atoms with Gasteiger partial charge in [-0.15, -0.1) is 0 Å². The van der Waals surface area contributed by atoms with Gasteiger partial charge in [-0.1, -0.05) is 0 Å². The van der Waals surface area contributed by atoms with E-state index in [9.17, 15) is 0 Å². The van der Waals surface area contributed by atoms with E-state index in [1.165, 1.54) is 55.5 Å². The summed E-state index contributed by atoms with van der Waals surface area (Å²) in [4.78, 5) is 5.02. The number of aliphatic hydroxyl groups is 1. The zero-order valence-corrected chi connectivity index (χ0v) is 13.7. The molecule has 2 heterocycles. The summed E-state index contributed by atoms with van der Waals surface area (Å²) < 4.78 is 0. The van der Waals surface area contributed by atoms with Crippen LogP contribution in [0.25, 0.3) is 0 Å². The highest BCUT2D eigenvalue weighted by Gasteiger charge is 2.24. The molecule has 0 amide bonds. The van der Waals surface area contributed by atoms with Crippen molar-refractivity contribution in [3.63, 3.8) is 0 Å². The van der Waals surface area contributed by atoms with Gasteiger partial charge in [0.15, 0.2) is 0 Å². The highest BCUT2D eigenvalue weighted by atomic mass is 32.2. The van der Waals surface area contributed by atoms with E-state index in [1.807, 2.05) is 0 Å². The second-order valence-electron chi connectivity index (χ2n) is 5.78. The Balaban J connectivity index is 1.75. The molecule has 0 aromatic rings. The van der Waals surface area contributed by atoms with Gasteiger partial charge in [-0.05, 0) is 32.4 Å².